The van der Waals surface area contributed by atoms with Gasteiger partial charge in [0, 0.05) is 0 Å². The van der Waals surface area contributed by atoms with Crippen LogP contribution in [0, 0.1) is 0 Å². The Balaban J connectivity index is 1.41. The van der Waals surface area contributed by atoms with Crippen molar-refractivity contribution in [3.63, 3.8) is 0 Å². The predicted octanol–water partition coefficient (Wildman–Crippen LogP) is 3.45. The van der Waals surface area contributed by atoms with Gasteiger partial charge in [-0.3, -0.25) is 0 Å². The fourth-order valence-electron chi connectivity index (χ4n) is 2.99. The summed E-state index contributed by atoms with van der Waals surface area (Å²) in [5.74, 6) is 1.81. The number of nitrogens with two attached hydrogens (primary N) is 1. The Kier molecular flexibility index (Phi) is 4.94. The third-order valence-electron chi connectivity index (χ3n) is 4.59. The lowest BCUT2D eigenvalue weighted by atomic mass is 10.0. The summed E-state index contributed by atoms with van der Waals surface area (Å²) in [6.45, 7) is 2.59. The van der Waals surface area contributed by atoms with E-state index in [1.54, 1.807) is 35.6 Å². The zero-order valence-electron chi connectivity index (χ0n) is 14.9. The van der Waals surface area contributed by atoms with Crippen molar-refractivity contribution < 1.29 is 19.9 Å². The minimum Gasteiger partial charge on any atom is -0.508 e. The average molecular weight is 381 g/mol. The number of hydrogen-bond acceptors (Lipinski definition) is 5. The molecule has 0 bridgehead atoms. The van der Waals surface area contributed by atoms with Gasteiger partial charge in [0.1, 0.15) is 24.4 Å². The topological polar surface area (TPSA) is 83.1 Å². The lowest BCUT2D eigenvalue weighted by Crippen LogP contribution is -2.88. The number of rotatable bonds is 6. The van der Waals surface area contributed by atoms with Crippen LogP contribution in [0.1, 0.15) is 24.4 Å². The van der Waals surface area contributed by atoms with Crippen LogP contribution in [0.2, 0.25) is 0 Å². The lowest BCUT2D eigenvalue weighted by molar-refractivity contribution is -0.710. The van der Waals surface area contributed by atoms with Gasteiger partial charge in [0.25, 0.3) is 0 Å². The highest BCUT2D eigenvalue weighted by atomic mass is 32.1. The number of thiazole rings is 1. The Hall–Kier alpha value is -2.67. The molecule has 0 saturated carbocycles. The molecule has 4 aromatic rings. The molecule has 0 saturated heterocycles. The Labute approximate surface area is 160 Å². The number of hydrogen-bond donors (Lipinski definition) is 3. The maximum absolute atomic E-state index is 10.5. The fourth-order valence-corrected chi connectivity index (χ4v) is 3.91. The first-order chi connectivity index (χ1) is 13.1. The molecule has 2 aromatic heterocycles. The van der Waals surface area contributed by atoms with Gasteiger partial charge in [-0.1, -0.05) is 24.3 Å². The second-order valence-electron chi connectivity index (χ2n) is 6.59. The zero-order valence-corrected chi connectivity index (χ0v) is 15.7. The first-order valence-electron chi connectivity index (χ1n) is 8.85. The number of aliphatic hydroxyl groups excluding tert-OH is 1. The number of phenols is 1. The smallest absolute Gasteiger partial charge is 0.163 e. The number of quaternary nitrogens is 1. The second kappa shape index (κ2) is 7.52. The van der Waals surface area contributed by atoms with Crippen LogP contribution >= 0.6 is 11.3 Å². The molecule has 0 unspecified atom stereocenters. The van der Waals surface area contributed by atoms with E-state index in [1.807, 2.05) is 42.6 Å². The first kappa shape index (κ1) is 17.7. The maximum atomic E-state index is 10.5. The monoisotopic (exact) mass is 381 g/mol. The number of phenolic OH excluding ortho intramolecular Hbond substituents is 1. The van der Waals surface area contributed by atoms with E-state index in [0.29, 0.717) is 6.54 Å². The summed E-state index contributed by atoms with van der Waals surface area (Å²) in [5.41, 5.74) is 1.76. The van der Waals surface area contributed by atoms with Crippen molar-refractivity contribution in [3.8, 4) is 16.5 Å². The summed E-state index contributed by atoms with van der Waals surface area (Å²) in [6.07, 6.45) is -0.621. The number of fused-ring (bicyclic) bond motifs is 1. The molecular weight excluding hydrogens is 360 g/mol. The van der Waals surface area contributed by atoms with Crippen molar-refractivity contribution in [1.29, 1.82) is 0 Å². The van der Waals surface area contributed by atoms with Crippen molar-refractivity contribution in [2.75, 3.05) is 0 Å². The van der Waals surface area contributed by atoms with E-state index in [0.717, 1.165) is 32.3 Å². The van der Waals surface area contributed by atoms with E-state index < -0.39 is 6.10 Å². The third-order valence-corrected chi connectivity index (χ3v) is 5.64. The molecule has 5 nitrogen and oxygen atoms in total. The normalized spacial score (nSPS) is 13.7. The first-order valence-corrected chi connectivity index (χ1v) is 9.67. The molecule has 4 N–H and O–H groups in total. The van der Waals surface area contributed by atoms with E-state index in [2.05, 4.69) is 11.1 Å². The highest BCUT2D eigenvalue weighted by Gasteiger charge is 2.20. The summed E-state index contributed by atoms with van der Waals surface area (Å²) in [5, 5.41) is 22.8. The number of aliphatic hydroxyl groups is 1. The van der Waals surface area contributed by atoms with Crippen LogP contribution in [0.15, 0.2) is 65.1 Å². The summed E-state index contributed by atoms with van der Waals surface area (Å²) < 4.78 is 7.09. The van der Waals surface area contributed by atoms with Gasteiger partial charge in [-0.25, -0.2) is 4.98 Å². The van der Waals surface area contributed by atoms with E-state index in [-0.39, 0.29) is 11.8 Å². The van der Waals surface area contributed by atoms with Gasteiger partial charge in [0.15, 0.2) is 16.5 Å². The van der Waals surface area contributed by atoms with Gasteiger partial charge in [-0.05, 0) is 48.9 Å². The van der Waals surface area contributed by atoms with Gasteiger partial charge in [-0.2, -0.15) is 0 Å². The Bertz CT molecular complexity index is 1010. The Morgan fingerprint density at radius 3 is 2.63 bits per heavy atom. The molecule has 0 aliphatic rings. The molecule has 0 fully saturated rings. The maximum Gasteiger partial charge on any atom is 0.163 e. The minimum atomic E-state index is -0.621. The minimum absolute atomic E-state index is 0.0504. The highest BCUT2D eigenvalue weighted by molar-refractivity contribution is 7.21. The quantitative estimate of drug-likeness (QED) is 0.478. The van der Waals surface area contributed by atoms with Crippen LogP contribution in [0.3, 0.4) is 0 Å². The van der Waals surface area contributed by atoms with E-state index in [4.69, 9.17) is 4.42 Å². The van der Waals surface area contributed by atoms with E-state index in [1.165, 1.54) is 0 Å². The molecule has 2 atom stereocenters. The molecule has 2 aromatic carbocycles. The van der Waals surface area contributed by atoms with Gasteiger partial charge < -0.3 is 19.9 Å². The summed E-state index contributed by atoms with van der Waals surface area (Å²) in [6, 6.07) is 18.5. The zero-order chi connectivity index (χ0) is 18.8. The van der Waals surface area contributed by atoms with Gasteiger partial charge >= 0.3 is 0 Å². The molecule has 138 valence electrons. The molecule has 2 heterocycles. The van der Waals surface area contributed by atoms with Gasteiger partial charge in [0.05, 0.1) is 10.2 Å². The average Bonchev–Trinajstić information content (AvgIpc) is 3.32. The number of aromatic nitrogens is 1. The fraction of sp³-hybridized carbons (Fsp3) is 0.190. The third kappa shape index (κ3) is 3.88. The molecule has 4 rings (SSSR count). The molecule has 0 aliphatic carbocycles. The molecule has 27 heavy (non-hydrogen) atoms. The molecule has 0 amide bonds. The van der Waals surface area contributed by atoms with Crippen LogP contribution < -0.4 is 5.32 Å². The van der Waals surface area contributed by atoms with E-state index >= 15 is 0 Å². The summed E-state index contributed by atoms with van der Waals surface area (Å²) >= 11 is 1.62. The molecule has 0 spiro atoms. The summed E-state index contributed by atoms with van der Waals surface area (Å²) in [4.78, 5) is 4.62. The Morgan fingerprint density at radius 1 is 1.07 bits per heavy atom. The number of para-hydroxylation sites is 1. The number of nitrogens with zero attached hydrogens (tertiary/aromatic N) is 1. The van der Waals surface area contributed by atoms with Crippen LogP contribution in [0.4, 0.5) is 0 Å². The van der Waals surface area contributed by atoms with Crippen LogP contribution in [0.25, 0.3) is 21.0 Å². The van der Waals surface area contributed by atoms with Crippen LogP contribution in [-0.2, 0) is 6.54 Å². The van der Waals surface area contributed by atoms with Crippen molar-refractivity contribution in [2.24, 2.45) is 0 Å². The molecular formula is C21H21N2O3S+. The SMILES string of the molecule is C[C@H]([NH2+]Cc1ccc(-c2nc3ccccc3s2)o1)[C@@H](O)c1ccc(O)cc1. The summed E-state index contributed by atoms with van der Waals surface area (Å²) in [7, 11) is 0. The Morgan fingerprint density at radius 2 is 1.85 bits per heavy atom. The highest BCUT2D eigenvalue weighted by Crippen LogP contribution is 2.31. The van der Waals surface area contributed by atoms with Crippen molar-refractivity contribution >= 4 is 21.6 Å². The van der Waals surface area contributed by atoms with E-state index in [9.17, 15) is 10.2 Å². The predicted molar refractivity (Wildman–Crippen MR) is 105 cm³/mol. The molecule has 0 radical (unpaired) electrons. The molecule has 6 heteroatoms. The number of aromatic hydroxyl groups is 1. The van der Waals surface area contributed by atoms with Gasteiger partial charge in [0.2, 0.25) is 0 Å². The standard InChI is InChI=1S/C21H20N2O3S/c1-13(20(25)14-6-8-15(24)9-7-14)22-12-16-10-11-18(26-16)21-23-17-4-2-3-5-19(17)27-21/h2-11,13,20,22,24-25H,12H2,1H3/p+1/t13-,20+/m0/s1. The van der Waals surface area contributed by atoms with Gasteiger partial charge in [-0.15, -0.1) is 11.3 Å². The number of furan rings is 1. The molecule has 0 aliphatic heterocycles. The number of benzene rings is 2. The van der Waals surface area contributed by atoms with Crippen molar-refractivity contribution in [3.05, 3.63) is 72.0 Å². The second-order valence-corrected chi connectivity index (χ2v) is 7.62. The largest absolute Gasteiger partial charge is 0.508 e. The van der Waals surface area contributed by atoms with Crippen LogP contribution in [-0.4, -0.2) is 21.2 Å². The van der Waals surface area contributed by atoms with Crippen molar-refractivity contribution in [1.82, 2.24) is 4.98 Å². The van der Waals surface area contributed by atoms with Crippen molar-refractivity contribution in [2.45, 2.75) is 25.6 Å². The lowest BCUT2D eigenvalue weighted by Gasteiger charge is -2.17. The van der Waals surface area contributed by atoms with Crippen LogP contribution in [0.5, 0.6) is 5.75 Å².